The van der Waals surface area contributed by atoms with Crippen molar-refractivity contribution in [1.82, 2.24) is 10.2 Å². The summed E-state index contributed by atoms with van der Waals surface area (Å²) in [6, 6.07) is 13.9. The van der Waals surface area contributed by atoms with Crippen molar-refractivity contribution in [2.75, 3.05) is 20.3 Å². The number of amides is 2. The van der Waals surface area contributed by atoms with E-state index in [4.69, 9.17) is 14.6 Å². The van der Waals surface area contributed by atoms with Crippen LogP contribution in [-0.4, -0.2) is 66.3 Å². The van der Waals surface area contributed by atoms with Crippen LogP contribution in [0.1, 0.15) is 36.8 Å². The molecule has 35 heavy (non-hydrogen) atoms. The molecule has 0 aromatic heterocycles. The third kappa shape index (κ3) is 4.84. The minimum absolute atomic E-state index is 0.0301. The van der Waals surface area contributed by atoms with Crippen LogP contribution in [0, 0.1) is 5.92 Å². The normalized spacial score (nSPS) is 18.9. The zero-order valence-corrected chi connectivity index (χ0v) is 19.6. The minimum atomic E-state index is -1.58. The summed E-state index contributed by atoms with van der Waals surface area (Å²) in [4.78, 5) is 50.5. The molecule has 0 spiro atoms. The highest BCUT2D eigenvalue weighted by atomic mass is 16.6. The van der Waals surface area contributed by atoms with Gasteiger partial charge in [0.15, 0.2) is 0 Å². The molecule has 0 saturated heterocycles. The number of benzene rings is 2. The number of hydrogen-bond donors (Lipinski definition) is 2. The maximum absolute atomic E-state index is 13.0. The van der Waals surface area contributed by atoms with Crippen molar-refractivity contribution in [3.63, 3.8) is 0 Å². The van der Waals surface area contributed by atoms with Gasteiger partial charge in [0, 0.05) is 19.0 Å². The highest BCUT2D eigenvalue weighted by molar-refractivity contribution is 6.04. The number of aliphatic carboxylic acids is 1. The Morgan fingerprint density at radius 3 is 2.11 bits per heavy atom. The van der Waals surface area contributed by atoms with Crippen LogP contribution in [-0.2, 0) is 23.9 Å². The summed E-state index contributed by atoms with van der Waals surface area (Å²) in [6.07, 6.45) is -0.334. The van der Waals surface area contributed by atoms with Crippen LogP contribution in [0.5, 0.6) is 0 Å². The molecule has 0 radical (unpaired) electrons. The first-order valence-corrected chi connectivity index (χ1v) is 11.6. The van der Waals surface area contributed by atoms with E-state index in [2.05, 4.69) is 5.32 Å². The molecule has 1 unspecified atom stereocenters. The number of carbonyl (C=O) groups excluding carboxylic acids is 3. The Hall–Kier alpha value is -3.88. The minimum Gasteiger partial charge on any atom is -0.481 e. The molecule has 9 nitrogen and oxygen atoms in total. The summed E-state index contributed by atoms with van der Waals surface area (Å²) in [6.45, 7) is 1.66. The van der Waals surface area contributed by atoms with E-state index in [0.29, 0.717) is 0 Å². The lowest BCUT2D eigenvalue weighted by molar-refractivity contribution is -0.156. The third-order valence-electron chi connectivity index (χ3n) is 6.73. The predicted octanol–water partition coefficient (Wildman–Crippen LogP) is 2.78. The van der Waals surface area contributed by atoms with Crippen molar-refractivity contribution in [2.45, 2.75) is 37.8 Å². The molecule has 2 aliphatic carbocycles. The van der Waals surface area contributed by atoms with E-state index in [1.54, 1.807) is 6.92 Å². The van der Waals surface area contributed by atoms with E-state index in [9.17, 15) is 19.2 Å². The average molecular weight is 481 g/mol. The molecule has 184 valence electrons. The number of carboxylic acids is 1. The fourth-order valence-electron chi connectivity index (χ4n) is 4.69. The topological polar surface area (TPSA) is 122 Å². The molecule has 0 heterocycles. The Kier molecular flexibility index (Phi) is 7.04. The molecule has 2 N–H and O–H groups in total. The van der Waals surface area contributed by atoms with E-state index in [1.807, 2.05) is 48.5 Å². The van der Waals surface area contributed by atoms with E-state index in [0.717, 1.165) is 22.3 Å². The van der Waals surface area contributed by atoms with Gasteiger partial charge in [-0.2, -0.15) is 0 Å². The second kappa shape index (κ2) is 10.2. The van der Waals surface area contributed by atoms with Crippen LogP contribution in [0.4, 0.5) is 4.79 Å². The van der Waals surface area contributed by atoms with Crippen LogP contribution >= 0.6 is 0 Å². The number of likely N-dealkylation sites (N-methyl/N-ethyl adjacent to an activating group) is 1. The summed E-state index contributed by atoms with van der Waals surface area (Å²) in [5.41, 5.74) is 4.24. The second-order valence-electron chi connectivity index (χ2n) is 8.76. The fraction of sp³-hybridized carbons (Fsp3) is 0.385. The Morgan fingerprint density at radius 2 is 1.57 bits per heavy atom. The van der Waals surface area contributed by atoms with Crippen LogP contribution in [0.2, 0.25) is 0 Å². The van der Waals surface area contributed by atoms with E-state index in [1.165, 1.54) is 11.9 Å². The molecule has 9 heteroatoms. The van der Waals surface area contributed by atoms with Gasteiger partial charge in [0.05, 0.1) is 12.5 Å². The SMILES string of the molecule is CCOC(=O)C(NC(=O)OCC1c2ccccc2-c2ccccc21)C(=O)N(C)C1CC(C(=O)O)C1. The Morgan fingerprint density at radius 1 is 1.00 bits per heavy atom. The monoisotopic (exact) mass is 480 g/mol. The first-order valence-electron chi connectivity index (χ1n) is 11.6. The maximum atomic E-state index is 13.0. The van der Waals surface area contributed by atoms with Gasteiger partial charge in [0.2, 0.25) is 6.04 Å². The van der Waals surface area contributed by atoms with Gasteiger partial charge in [-0.15, -0.1) is 0 Å². The van der Waals surface area contributed by atoms with Gasteiger partial charge >= 0.3 is 18.0 Å². The van der Waals surface area contributed by atoms with Gasteiger partial charge in [-0.1, -0.05) is 48.5 Å². The summed E-state index contributed by atoms with van der Waals surface area (Å²) in [5, 5.41) is 11.4. The van der Waals surface area contributed by atoms with Gasteiger partial charge < -0.3 is 19.5 Å². The number of rotatable bonds is 8. The van der Waals surface area contributed by atoms with Crippen LogP contribution < -0.4 is 5.32 Å². The van der Waals surface area contributed by atoms with Gasteiger partial charge in [0.1, 0.15) is 6.61 Å². The maximum Gasteiger partial charge on any atom is 0.408 e. The van der Waals surface area contributed by atoms with Gasteiger partial charge in [0.25, 0.3) is 5.91 Å². The Labute approximate surface area is 203 Å². The first-order chi connectivity index (χ1) is 16.8. The predicted molar refractivity (Wildman–Crippen MR) is 126 cm³/mol. The van der Waals surface area contributed by atoms with Crippen LogP contribution in [0.25, 0.3) is 11.1 Å². The standard InChI is InChI=1S/C26H28N2O7/c1-3-34-25(32)22(23(29)28(2)16-12-15(13-16)24(30)31)27-26(33)35-14-21-19-10-6-4-8-17(19)18-9-5-7-11-20(18)21/h4-11,15-16,21-22H,3,12-14H2,1-2H3,(H,27,33)(H,30,31). The number of nitrogens with one attached hydrogen (secondary N) is 1. The quantitative estimate of drug-likeness (QED) is 0.440. The van der Waals surface area contributed by atoms with Crippen molar-refractivity contribution >= 4 is 23.9 Å². The van der Waals surface area contributed by atoms with E-state index in [-0.39, 0.29) is 38.0 Å². The van der Waals surface area contributed by atoms with E-state index < -0.39 is 35.9 Å². The molecule has 1 atom stereocenters. The highest BCUT2D eigenvalue weighted by Crippen LogP contribution is 2.44. The summed E-state index contributed by atoms with van der Waals surface area (Å²) in [5.74, 6) is -3.18. The highest BCUT2D eigenvalue weighted by Gasteiger charge is 2.42. The zero-order chi connectivity index (χ0) is 25.1. The first kappa shape index (κ1) is 24.3. The van der Waals surface area contributed by atoms with Crippen LogP contribution in [0.15, 0.2) is 48.5 Å². The summed E-state index contributed by atoms with van der Waals surface area (Å²) < 4.78 is 10.5. The molecule has 2 aliphatic rings. The number of hydrogen-bond acceptors (Lipinski definition) is 6. The Bertz CT molecular complexity index is 1100. The fourth-order valence-corrected chi connectivity index (χ4v) is 4.69. The molecule has 0 aliphatic heterocycles. The number of esters is 1. The van der Waals surface area contributed by atoms with Crippen LogP contribution in [0.3, 0.4) is 0 Å². The molecule has 1 saturated carbocycles. The second-order valence-corrected chi connectivity index (χ2v) is 8.76. The molecule has 2 amide bonds. The summed E-state index contributed by atoms with van der Waals surface area (Å²) >= 11 is 0. The van der Waals surface area contributed by atoms with Crippen molar-refractivity contribution in [3.8, 4) is 11.1 Å². The lowest BCUT2D eigenvalue weighted by Crippen LogP contribution is -2.57. The number of carbonyl (C=O) groups is 4. The van der Waals surface area contributed by atoms with Gasteiger partial charge in [-0.05, 0) is 42.0 Å². The number of fused-ring (bicyclic) bond motifs is 3. The smallest absolute Gasteiger partial charge is 0.408 e. The van der Waals surface area contributed by atoms with Crippen molar-refractivity contribution < 1.29 is 33.8 Å². The molecule has 4 rings (SSSR count). The molecule has 2 aromatic rings. The van der Waals surface area contributed by atoms with Crippen molar-refractivity contribution in [1.29, 1.82) is 0 Å². The third-order valence-corrected chi connectivity index (χ3v) is 6.73. The Balaban J connectivity index is 1.42. The molecule has 2 aromatic carbocycles. The average Bonchev–Trinajstić information content (AvgIpc) is 3.13. The molecular formula is C26H28N2O7. The number of ether oxygens (including phenoxy) is 2. The number of nitrogens with zero attached hydrogens (tertiary/aromatic N) is 1. The van der Waals surface area contributed by atoms with Gasteiger partial charge in [-0.25, -0.2) is 9.59 Å². The lowest BCUT2D eigenvalue weighted by Gasteiger charge is -2.40. The van der Waals surface area contributed by atoms with Gasteiger partial charge in [-0.3, -0.25) is 14.9 Å². The molecular weight excluding hydrogens is 452 g/mol. The van der Waals surface area contributed by atoms with Crippen molar-refractivity contribution in [3.05, 3.63) is 59.7 Å². The number of carboxylic acid groups (broad SMARTS) is 1. The molecule has 1 fully saturated rings. The van der Waals surface area contributed by atoms with Crippen molar-refractivity contribution in [2.24, 2.45) is 5.92 Å². The summed E-state index contributed by atoms with van der Waals surface area (Å²) in [7, 11) is 1.48. The molecule has 0 bridgehead atoms. The number of alkyl carbamates (subject to hydrolysis) is 1. The largest absolute Gasteiger partial charge is 0.481 e. The van der Waals surface area contributed by atoms with E-state index >= 15 is 0 Å². The lowest BCUT2D eigenvalue weighted by atomic mass is 9.79. The zero-order valence-electron chi connectivity index (χ0n) is 19.6.